The first-order valence-corrected chi connectivity index (χ1v) is 6.54. The number of hydrogen-bond acceptors (Lipinski definition) is 3. The molecule has 0 saturated carbocycles. The summed E-state index contributed by atoms with van der Waals surface area (Å²) in [5.41, 5.74) is -0.406. The maximum atomic E-state index is 11.4. The lowest BCUT2D eigenvalue weighted by Gasteiger charge is -2.36. The molecule has 106 valence electrons. The van der Waals surface area contributed by atoms with Gasteiger partial charge in [0.15, 0.2) is 5.11 Å². The maximum Gasteiger partial charge on any atom is 0.329 e. The number of para-hydroxylation sites is 1. The van der Waals surface area contributed by atoms with Crippen LogP contribution in [0.25, 0.3) is 0 Å². The summed E-state index contributed by atoms with van der Waals surface area (Å²) in [6, 6.07) is 11.3. The van der Waals surface area contributed by atoms with Crippen LogP contribution in [-0.4, -0.2) is 33.2 Å². The molecule has 0 amide bonds. The van der Waals surface area contributed by atoms with Crippen molar-refractivity contribution in [2.24, 2.45) is 0 Å². The van der Waals surface area contributed by atoms with Gasteiger partial charge >= 0.3 is 5.97 Å². The molecule has 0 aliphatic heterocycles. The Bertz CT molecular complexity index is 523. The third-order valence-electron chi connectivity index (χ3n) is 2.92. The number of carboxylic acids is 1. The van der Waals surface area contributed by atoms with E-state index in [2.05, 4.69) is 5.32 Å². The molecule has 0 unspecified atom stereocenters. The molecule has 20 heavy (non-hydrogen) atoms. The Morgan fingerprint density at radius 2 is 2.05 bits per heavy atom. The standard InChI is InChI=1S/C14H17N3O2S/c1-14(2,12(18)19)17(10-6-9-15)13(20)16-11-7-4-3-5-8-11/h3-5,7-8H,6,10H2,1-2H3,(H,16,20)(H,18,19). The summed E-state index contributed by atoms with van der Waals surface area (Å²) in [6.45, 7) is 3.38. The molecule has 6 heteroatoms. The second-order valence-corrected chi connectivity index (χ2v) is 5.11. The quantitative estimate of drug-likeness (QED) is 0.812. The fourth-order valence-corrected chi connectivity index (χ4v) is 2.06. The SMILES string of the molecule is CC(C)(C(=O)O)N(CCC#N)C(=S)Nc1ccccc1. The van der Waals surface area contributed by atoms with Gasteiger partial charge in [0.1, 0.15) is 5.54 Å². The molecule has 0 aromatic heterocycles. The van der Waals surface area contributed by atoms with Gasteiger partial charge in [-0.15, -0.1) is 0 Å². The van der Waals surface area contributed by atoms with Gasteiger partial charge in [0.2, 0.25) is 0 Å². The first-order chi connectivity index (χ1) is 9.39. The molecule has 0 heterocycles. The second-order valence-electron chi connectivity index (χ2n) is 4.72. The fourth-order valence-electron chi connectivity index (χ4n) is 1.62. The summed E-state index contributed by atoms with van der Waals surface area (Å²) >= 11 is 5.28. The van der Waals surface area contributed by atoms with Crippen molar-refractivity contribution in [2.45, 2.75) is 25.8 Å². The molecule has 0 aliphatic rings. The number of carboxylic acid groups (broad SMARTS) is 1. The Labute approximate surface area is 123 Å². The van der Waals surface area contributed by atoms with Gasteiger partial charge in [0.25, 0.3) is 0 Å². The first kappa shape index (κ1) is 15.9. The van der Waals surface area contributed by atoms with Crippen LogP contribution in [0.2, 0.25) is 0 Å². The molecule has 0 radical (unpaired) electrons. The number of nitriles is 1. The zero-order valence-electron chi connectivity index (χ0n) is 11.5. The highest BCUT2D eigenvalue weighted by Gasteiger charge is 2.36. The third kappa shape index (κ3) is 3.93. The van der Waals surface area contributed by atoms with Crippen LogP contribution in [0, 0.1) is 11.3 Å². The summed E-state index contributed by atoms with van der Waals surface area (Å²) in [6.07, 6.45) is 0.202. The maximum absolute atomic E-state index is 11.4. The molecular formula is C14H17N3O2S. The summed E-state index contributed by atoms with van der Waals surface area (Å²) in [4.78, 5) is 12.9. The van der Waals surface area contributed by atoms with E-state index in [9.17, 15) is 9.90 Å². The van der Waals surface area contributed by atoms with Gasteiger partial charge < -0.3 is 15.3 Å². The average molecular weight is 291 g/mol. The van der Waals surface area contributed by atoms with E-state index < -0.39 is 11.5 Å². The fraction of sp³-hybridized carbons (Fsp3) is 0.357. The number of anilines is 1. The van der Waals surface area contributed by atoms with E-state index in [1.807, 2.05) is 36.4 Å². The average Bonchev–Trinajstić information content (AvgIpc) is 2.39. The number of carbonyl (C=O) groups is 1. The van der Waals surface area contributed by atoms with Gasteiger partial charge in [-0.05, 0) is 38.2 Å². The minimum absolute atomic E-state index is 0.202. The van der Waals surface area contributed by atoms with Crippen molar-refractivity contribution in [3.63, 3.8) is 0 Å². The number of rotatable bonds is 5. The van der Waals surface area contributed by atoms with E-state index >= 15 is 0 Å². The van der Waals surface area contributed by atoms with Crippen molar-refractivity contribution >= 4 is 29.0 Å². The zero-order chi connectivity index (χ0) is 15.2. The molecule has 0 atom stereocenters. The van der Waals surface area contributed by atoms with Crippen LogP contribution in [-0.2, 0) is 4.79 Å². The molecular weight excluding hydrogens is 274 g/mol. The van der Waals surface area contributed by atoms with Crippen LogP contribution in [0.3, 0.4) is 0 Å². The minimum Gasteiger partial charge on any atom is -0.480 e. The predicted molar refractivity (Wildman–Crippen MR) is 81.3 cm³/mol. The van der Waals surface area contributed by atoms with E-state index in [-0.39, 0.29) is 13.0 Å². The van der Waals surface area contributed by atoms with Crippen molar-refractivity contribution in [2.75, 3.05) is 11.9 Å². The molecule has 0 saturated heterocycles. The van der Waals surface area contributed by atoms with Gasteiger partial charge in [-0.25, -0.2) is 4.79 Å². The number of thiocarbonyl (C=S) groups is 1. The smallest absolute Gasteiger partial charge is 0.329 e. The lowest BCUT2D eigenvalue weighted by atomic mass is 10.0. The van der Waals surface area contributed by atoms with Crippen LogP contribution in [0.1, 0.15) is 20.3 Å². The molecule has 5 nitrogen and oxygen atoms in total. The highest BCUT2D eigenvalue weighted by atomic mass is 32.1. The predicted octanol–water partition coefficient (Wildman–Crippen LogP) is 2.46. The highest BCUT2D eigenvalue weighted by molar-refractivity contribution is 7.80. The zero-order valence-corrected chi connectivity index (χ0v) is 12.3. The van der Waals surface area contributed by atoms with Gasteiger partial charge in [0.05, 0.1) is 12.5 Å². The minimum atomic E-state index is -1.18. The van der Waals surface area contributed by atoms with Crippen LogP contribution in [0.4, 0.5) is 5.69 Å². The van der Waals surface area contributed by atoms with E-state index in [1.165, 1.54) is 4.90 Å². The topological polar surface area (TPSA) is 76.4 Å². The second kappa shape index (κ2) is 6.87. The normalized spacial score (nSPS) is 10.4. The molecule has 1 rings (SSSR count). The van der Waals surface area contributed by atoms with Crippen LogP contribution in [0.15, 0.2) is 30.3 Å². The van der Waals surface area contributed by atoms with Crippen molar-refractivity contribution in [3.8, 4) is 6.07 Å². The van der Waals surface area contributed by atoms with Crippen LogP contribution < -0.4 is 5.32 Å². The largest absolute Gasteiger partial charge is 0.480 e. The Kier molecular flexibility index (Phi) is 5.47. The molecule has 0 spiro atoms. The van der Waals surface area contributed by atoms with E-state index in [1.54, 1.807) is 13.8 Å². The van der Waals surface area contributed by atoms with Gasteiger partial charge in [-0.2, -0.15) is 5.26 Å². The van der Waals surface area contributed by atoms with Crippen molar-refractivity contribution in [1.29, 1.82) is 5.26 Å². The monoisotopic (exact) mass is 291 g/mol. The lowest BCUT2D eigenvalue weighted by Crippen LogP contribution is -2.54. The Balaban J connectivity index is 2.91. The van der Waals surface area contributed by atoms with E-state index in [0.29, 0.717) is 5.11 Å². The van der Waals surface area contributed by atoms with Gasteiger partial charge in [-0.1, -0.05) is 18.2 Å². The number of benzene rings is 1. The van der Waals surface area contributed by atoms with Gasteiger partial charge in [-0.3, -0.25) is 0 Å². The summed E-state index contributed by atoms with van der Waals surface area (Å²) in [5, 5.41) is 21.3. The van der Waals surface area contributed by atoms with E-state index in [4.69, 9.17) is 17.5 Å². The number of nitrogens with one attached hydrogen (secondary N) is 1. The summed E-state index contributed by atoms with van der Waals surface area (Å²) < 4.78 is 0. The number of aliphatic carboxylic acids is 1. The van der Waals surface area contributed by atoms with Crippen LogP contribution >= 0.6 is 12.2 Å². The van der Waals surface area contributed by atoms with Gasteiger partial charge in [0, 0.05) is 12.2 Å². The Hall–Kier alpha value is -2.13. The Morgan fingerprint density at radius 1 is 1.45 bits per heavy atom. The molecule has 1 aromatic carbocycles. The first-order valence-electron chi connectivity index (χ1n) is 6.13. The number of nitrogens with zero attached hydrogens (tertiary/aromatic N) is 2. The highest BCUT2D eigenvalue weighted by Crippen LogP contribution is 2.18. The lowest BCUT2D eigenvalue weighted by molar-refractivity contribution is -0.146. The molecule has 0 bridgehead atoms. The molecule has 2 N–H and O–H groups in total. The van der Waals surface area contributed by atoms with Crippen molar-refractivity contribution in [1.82, 2.24) is 4.90 Å². The van der Waals surface area contributed by atoms with Crippen molar-refractivity contribution in [3.05, 3.63) is 30.3 Å². The summed E-state index contributed by atoms with van der Waals surface area (Å²) in [7, 11) is 0. The molecule has 1 aromatic rings. The van der Waals surface area contributed by atoms with Crippen molar-refractivity contribution < 1.29 is 9.90 Å². The van der Waals surface area contributed by atoms with Crippen LogP contribution in [0.5, 0.6) is 0 Å². The van der Waals surface area contributed by atoms with E-state index in [0.717, 1.165) is 5.69 Å². The Morgan fingerprint density at radius 3 is 2.55 bits per heavy atom. The third-order valence-corrected chi connectivity index (χ3v) is 3.24. The summed E-state index contributed by atoms with van der Waals surface area (Å²) in [5.74, 6) is -0.993. The number of hydrogen-bond donors (Lipinski definition) is 2. The molecule has 0 fully saturated rings. The molecule has 0 aliphatic carbocycles.